The number of aromatic nitrogens is 2. The van der Waals surface area contributed by atoms with E-state index in [1.54, 1.807) is 29.8 Å². The second-order valence-electron chi connectivity index (χ2n) is 5.08. The number of rotatable bonds is 5. The number of hydrogen-bond donors (Lipinski definition) is 1. The molecule has 0 atom stereocenters. The molecule has 0 fully saturated rings. The topological polar surface area (TPSA) is 73.1 Å². The van der Waals surface area contributed by atoms with Gasteiger partial charge in [-0.25, -0.2) is 9.78 Å². The first kappa shape index (κ1) is 14.9. The monoisotopic (exact) mass is 312 g/mol. The SMILES string of the molecule is COc1ccccc1OCc1nc2cc(C)ccn2c1C(=O)O. The summed E-state index contributed by atoms with van der Waals surface area (Å²) in [6, 6.07) is 10.9. The number of methoxy groups -OCH3 is 1. The Morgan fingerprint density at radius 1 is 1.26 bits per heavy atom. The number of nitrogens with zero attached hydrogens (tertiary/aromatic N) is 2. The molecule has 23 heavy (non-hydrogen) atoms. The number of para-hydroxylation sites is 2. The van der Waals surface area contributed by atoms with Gasteiger partial charge in [-0.1, -0.05) is 12.1 Å². The Labute approximate surface area is 132 Å². The van der Waals surface area contributed by atoms with Crippen LogP contribution in [0.15, 0.2) is 42.6 Å². The third-order valence-electron chi connectivity index (χ3n) is 3.49. The molecule has 0 aliphatic rings. The number of carbonyl (C=O) groups is 1. The van der Waals surface area contributed by atoms with E-state index in [4.69, 9.17) is 9.47 Å². The summed E-state index contributed by atoms with van der Waals surface area (Å²) in [5, 5.41) is 9.48. The third kappa shape index (κ3) is 2.83. The molecule has 2 aromatic heterocycles. The number of aromatic carboxylic acids is 1. The predicted octanol–water partition coefficient (Wildman–Crippen LogP) is 2.93. The van der Waals surface area contributed by atoms with E-state index < -0.39 is 5.97 Å². The Kier molecular flexibility index (Phi) is 3.89. The Morgan fingerprint density at radius 3 is 2.70 bits per heavy atom. The molecule has 0 aliphatic carbocycles. The highest BCUT2D eigenvalue weighted by molar-refractivity contribution is 5.88. The Hall–Kier alpha value is -3.02. The van der Waals surface area contributed by atoms with Gasteiger partial charge in [-0.2, -0.15) is 0 Å². The van der Waals surface area contributed by atoms with Crippen LogP contribution in [0.5, 0.6) is 11.5 Å². The predicted molar refractivity (Wildman–Crippen MR) is 84.2 cm³/mol. The standard InChI is InChI=1S/C17H16N2O4/c1-11-7-8-19-15(9-11)18-12(16(19)17(20)21)10-23-14-6-4-3-5-13(14)22-2/h3-9H,10H2,1-2H3,(H,20,21). The molecule has 0 radical (unpaired) electrons. The first-order valence-electron chi connectivity index (χ1n) is 7.07. The van der Waals surface area contributed by atoms with Gasteiger partial charge in [-0.15, -0.1) is 0 Å². The zero-order valence-electron chi connectivity index (χ0n) is 12.8. The molecule has 118 valence electrons. The summed E-state index contributed by atoms with van der Waals surface area (Å²) in [6.45, 7) is 1.98. The fourth-order valence-corrected chi connectivity index (χ4v) is 2.41. The molecule has 0 spiro atoms. The van der Waals surface area contributed by atoms with Crippen molar-refractivity contribution in [3.63, 3.8) is 0 Å². The number of fused-ring (bicyclic) bond motifs is 1. The van der Waals surface area contributed by atoms with Crippen LogP contribution < -0.4 is 9.47 Å². The normalized spacial score (nSPS) is 10.7. The van der Waals surface area contributed by atoms with E-state index in [0.29, 0.717) is 22.8 Å². The molecule has 6 nitrogen and oxygen atoms in total. The van der Waals surface area contributed by atoms with E-state index in [9.17, 15) is 9.90 Å². The lowest BCUT2D eigenvalue weighted by Crippen LogP contribution is -2.08. The largest absolute Gasteiger partial charge is 0.493 e. The van der Waals surface area contributed by atoms with Crippen LogP contribution in [0.3, 0.4) is 0 Å². The molecule has 0 saturated heterocycles. The van der Waals surface area contributed by atoms with Crippen molar-refractivity contribution in [2.75, 3.05) is 7.11 Å². The second kappa shape index (κ2) is 6.00. The highest BCUT2D eigenvalue weighted by Crippen LogP contribution is 2.27. The van der Waals surface area contributed by atoms with Gasteiger partial charge >= 0.3 is 5.97 Å². The lowest BCUT2D eigenvalue weighted by atomic mass is 10.3. The van der Waals surface area contributed by atoms with E-state index >= 15 is 0 Å². The van der Waals surface area contributed by atoms with Crippen LogP contribution in [-0.2, 0) is 6.61 Å². The van der Waals surface area contributed by atoms with Gasteiger partial charge in [0.15, 0.2) is 17.2 Å². The molecular weight excluding hydrogens is 296 g/mol. The minimum atomic E-state index is -1.04. The number of pyridine rings is 1. The van der Waals surface area contributed by atoms with Crippen molar-refractivity contribution >= 4 is 11.6 Å². The lowest BCUT2D eigenvalue weighted by molar-refractivity contribution is 0.0686. The van der Waals surface area contributed by atoms with Crippen LogP contribution in [0.1, 0.15) is 21.7 Å². The number of hydrogen-bond acceptors (Lipinski definition) is 4. The fraction of sp³-hybridized carbons (Fsp3) is 0.176. The van der Waals surface area contributed by atoms with Gasteiger partial charge in [-0.05, 0) is 36.8 Å². The van der Waals surface area contributed by atoms with Crippen LogP contribution in [0.2, 0.25) is 0 Å². The number of imidazole rings is 1. The fourth-order valence-electron chi connectivity index (χ4n) is 2.41. The maximum Gasteiger partial charge on any atom is 0.354 e. The van der Waals surface area contributed by atoms with Crippen LogP contribution in [0.25, 0.3) is 5.65 Å². The van der Waals surface area contributed by atoms with Gasteiger partial charge < -0.3 is 14.6 Å². The molecule has 3 aromatic rings. The highest BCUT2D eigenvalue weighted by Gasteiger charge is 2.19. The molecule has 0 amide bonds. The molecule has 1 aromatic carbocycles. The molecule has 0 bridgehead atoms. The minimum absolute atomic E-state index is 0.0444. The van der Waals surface area contributed by atoms with Crippen molar-refractivity contribution in [2.45, 2.75) is 13.5 Å². The molecule has 0 unspecified atom stereocenters. The summed E-state index contributed by atoms with van der Waals surface area (Å²) in [5.74, 6) is 0.0866. The van der Waals surface area contributed by atoms with Crippen molar-refractivity contribution in [3.05, 3.63) is 59.5 Å². The average Bonchev–Trinajstić information content (AvgIpc) is 2.90. The molecule has 0 saturated carbocycles. The Morgan fingerprint density at radius 2 is 2.00 bits per heavy atom. The van der Waals surface area contributed by atoms with Gasteiger partial charge in [0, 0.05) is 6.20 Å². The smallest absolute Gasteiger partial charge is 0.354 e. The number of carboxylic acid groups (broad SMARTS) is 1. The van der Waals surface area contributed by atoms with E-state index in [0.717, 1.165) is 5.56 Å². The first-order valence-corrected chi connectivity index (χ1v) is 7.07. The van der Waals surface area contributed by atoms with Crippen LogP contribution in [0, 0.1) is 6.92 Å². The molecule has 1 N–H and O–H groups in total. The van der Waals surface area contributed by atoms with Gasteiger partial charge in [0.1, 0.15) is 17.9 Å². The van der Waals surface area contributed by atoms with Crippen molar-refractivity contribution < 1.29 is 19.4 Å². The maximum atomic E-state index is 11.6. The zero-order valence-corrected chi connectivity index (χ0v) is 12.8. The maximum absolute atomic E-state index is 11.6. The van der Waals surface area contributed by atoms with E-state index in [-0.39, 0.29) is 12.3 Å². The summed E-state index contributed by atoms with van der Waals surface area (Å²) in [6.07, 6.45) is 1.70. The average molecular weight is 312 g/mol. The quantitative estimate of drug-likeness (QED) is 0.784. The second-order valence-corrected chi connectivity index (χ2v) is 5.08. The number of ether oxygens (including phenoxy) is 2. The van der Waals surface area contributed by atoms with Gasteiger partial charge in [0.05, 0.1) is 7.11 Å². The molecular formula is C17H16N2O4. The summed E-state index contributed by atoms with van der Waals surface area (Å²) in [4.78, 5) is 16.0. The van der Waals surface area contributed by atoms with Gasteiger partial charge in [-0.3, -0.25) is 4.40 Å². The number of carboxylic acids is 1. The number of aryl methyl sites for hydroxylation is 1. The summed E-state index contributed by atoms with van der Waals surface area (Å²) in [7, 11) is 1.55. The first-order chi connectivity index (χ1) is 11.1. The highest BCUT2D eigenvalue weighted by atomic mass is 16.5. The van der Waals surface area contributed by atoms with Crippen molar-refractivity contribution in [1.29, 1.82) is 0 Å². The lowest BCUT2D eigenvalue weighted by Gasteiger charge is -2.09. The Bertz CT molecular complexity index is 870. The van der Waals surface area contributed by atoms with Gasteiger partial charge in [0.2, 0.25) is 0 Å². The van der Waals surface area contributed by atoms with Crippen molar-refractivity contribution in [3.8, 4) is 11.5 Å². The third-order valence-corrected chi connectivity index (χ3v) is 3.49. The van der Waals surface area contributed by atoms with Crippen LogP contribution in [-0.4, -0.2) is 27.6 Å². The summed E-state index contributed by atoms with van der Waals surface area (Å²) < 4.78 is 12.5. The zero-order chi connectivity index (χ0) is 16.4. The van der Waals surface area contributed by atoms with Crippen LogP contribution >= 0.6 is 0 Å². The van der Waals surface area contributed by atoms with Crippen LogP contribution in [0.4, 0.5) is 0 Å². The van der Waals surface area contributed by atoms with E-state index in [1.165, 1.54) is 0 Å². The number of benzene rings is 1. The van der Waals surface area contributed by atoms with Crippen molar-refractivity contribution in [1.82, 2.24) is 9.38 Å². The van der Waals surface area contributed by atoms with E-state index in [2.05, 4.69) is 4.98 Å². The molecule has 3 rings (SSSR count). The minimum Gasteiger partial charge on any atom is -0.493 e. The molecule has 0 aliphatic heterocycles. The summed E-state index contributed by atoms with van der Waals surface area (Å²) in [5.41, 5.74) is 2.07. The molecule has 6 heteroatoms. The van der Waals surface area contributed by atoms with Gasteiger partial charge in [0.25, 0.3) is 0 Å². The molecule has 2 heterocycles. The van der Waals surface area contributed by atoms with Crippen molar-refractivity contribution in [2.24, 2.45) is 0 Å². The Balaban J connectivity index is 1.96. The van der Waals surface area contributed by atoms with E-state index in [1.807, 2.05) is 31.2 Å². The summed E-state index contributed by atoms with van der Waals surface area (Å²) >= 11 is 0.